The molecule has 0 bridgehead atoms. The number of ether oxygens (including phenoxy) is 1. The van der Waals surface area contributed by atoms with Gasteiger partial charge in [0.15, 0.2) is 0 Å². The van der Waals surface area contributed by atoms with Gasteiger partial charge in [-0.25, -0.2) is 0 Å². The first-order valence-electron chi connectivity index (χ1n) is 5.95. The van der Waals surface area contributed by atoms with E-state index in [1.165, 1.54) is 0 Å². The number of aromatic hydroxyl groups is 1. The van der Waals surface area contributed by atoms with Crippen LogP contribution in [0.3, 0.4) is 0 Å². The molecule has 0 aliphatic carbocycles. The van der Waals surface area contributed by atoms with E-state index in [2.05, 4.69) is 12.2 Å². The fourth-order valence-electron chi connectivity index (χ4n) is 2.13. The summed E-state index contributed by atoms with van der Waals surface area (Å²) < 4.78 is 5.63. The highest BCUT2D eigenvalue weighted by molar-refractivity contribution is 5.48. The Labute approximate surface area is 96.4 Å². The minimum Gasteiger partial charge on any atom is -0.508 e. The Morgan fingerprint density at radius 2 is 2.38 bits per heavy atom. The van der Waals surface area contributed by atoms with Crippen LogP contribution in [0.1, 0.15) is 26.2 Å². The Balaban J connectivity index is 1.94. The average molecular weight is 221 g/mol. The summed E-state index contributed by atoms with van der Waals surface area (Å²) in [7, 11) is 0. The molecule has 0 aromatic heterocycles. The Kier molecular flexibility index (Phi) is 3.67. The van der Waals surface area contributed by atoms with E-state index in [1.807, 2.05) is 12.1 Å². The van der Waals surface area contributed by atoms with Gasteiger partial charge in [0.25, 0.3) is 0 Å². The quantitative estimate of drug-likeness (QED) is 0.824. The molecule has 3 nitrogen and oxygen atoms in total. The van der Waals surface area contributed by atoms with Crippen LogP contribution in [0.25, 0.3) is 0 Å². The number of phenols is 1. The number of anilines is 1. The average Bonchev–Trinajstić information content (AvgIpc) is 2.29. The third-order valence-corrected chi connectivity index (χ3v) is 3.04. The maximum absolute atomic E-state index is 9.38. The van der Waals surface area contributed by atoms with Crippen molar-refractivity contribution in [2.24, 2.45) is 0 Å². The molecule has 3 heteroatoms. The molecule has 1 saturated heterocycles. The number of hydrogen-bond acceptors (Lipinski definition) is 3. The zero-order valence-corrected chi connectivity index (χ0v) is 9.65. The van der Waals surface area contributed by atoms with Crippen LogP contribution in [-0.2, 0) is 4.74 Å². The number of benzene rings is 1. The zero-order chi connectivity index (χ0) is 11.4. The van der Waals surface area contributed by atoms with Crippen molar-refractivity contribution in [2.45, 2.75) is 38.3 Å². The van der Waals surface area contributed by atoms with Crippen molar-refractivity contribution in [3.63, 3.8) is 0 Å². The predicted molar refractivity (Wildman–Crippen MR) is 64.8 cm³/mol. The molecule has 0 saturated carbocycles. The summed E-state index contributed by atoms with van der Waals surface area (Å²) in [5, 5.41) is 12.8. The summed E-state index contributed by atoms with van der Waals surface area (Å²) in [6, 6.07) is 7.74. The van der Waals surface area contributed by atoms with Crippen LogP contribution < -0.4 is 5.32 Å². The van der Waals surface area contributed by atoms with E-state index in [0.29, 0.717) is 17.9 Å². The Bertz CT molecular complexity index is 340. The lowest BCUT2D eigenvalue weighted by Gasteiger charge is -2.30. The van der Waals surface area contributed by atoms with Gasteiger partial charge in [0.1, 0.15) is 5.75 Å². The summed E-state index contributed by atoms with van der Waals surface area (Å²) in [5.41, 5.74) is 0.988. The molecule has 1 fully saturated rings. The minimum atomic E-state index is 0.309. The summed E-state index contributed by atoms with van der Waals surface area (Å²) in [6.45, 7) is 2.98. The summed E-state index contributed by atoms with van der Waals surface area (Å²) in [5.74, 6) is 0.309. The van der Waals surface area contributed by atoms with Crippen molar-refractivity contribution in [3.05, 3.63) is 24.3 Å². The van der Waals surface area contributed by atoms with Crippen LogP contribution in [0.2, 0.25) is 0 Å². The third-order valence-electron chi connectivity index (χ3n) is 3.04. The Morgan fingerprint density at radius 1 is 1.50 bits per heavy atom. The van der Waals surface area contributed by atoms with E-state index in [0.717, 1.165) is 31.6 Å². The minimum absolute atomic E-state index is 0.309. The third kappa shape index (κ3) is 2.89. The van der Waals surface area contributed by atoms with Crippen molar-refractivity contribution < 1.29 is 9.84 Å². The molecule has 1 aliphatic heterocycles. The van der Waals surface area contributed by atoms with Gasteiger partial charge in [-0.1, -0.05) is 13.0 Å². The molecule has 0 spiro atoms. The second kappa shape index (κ2) is 5.21. The van der Waals surface area contributed by atoms with Gasteiger partial charge < -0.3 is 15.2 Å². The topological polar surface area (TPSA) is 41.5 Å². The highest BCUT2D eigenvalue weighted by Crippen LogP contribution is 2.22. The van der Waals surface area contributed by atoms with Gasteiger partial charge in [-0.05, 0) is 31.4 Å². The lowest BCUT2D eigenvalue weighted by molar-refractivity contribution is 0.00926. The van der Waals surface area contributed by atoms with Gasteiger partial charge in [0.05, 0.1) is 6.10 Å². The van der Waals surface area contributed by atoms with Crippen molar-refractivity contribution in [1.82, 2.24) is 0 Å². The van der Waals surface area contributed by atoms with Gasteiger partial charge in [-0.3, -0.25) is 0 Å². The standard InChI is InChI=1S/C13H19NO2/c1-2-13-9-11(6-7-16-13)14-10-4-3-5-12(15)8-10/h3-5,8,11,13-15H,2,6-7,9H2,1H3. The zero-order valence-electron chi connectivity index (χ0n) is 9.65. The number of nitrogens with one attached hydrogen (secondary N) is 1. The van der Waals surface area contributed by atoms with Crippen LogP contribution in [0, 0.1) is 0 Å². The van der Waals surface area contributed by atoms with Crippen molar-refractivity contribution in [3.8, 4) is 5.75 Å². The lowest BCUT2D eigenvalue weighted by atomic mass is 10.0. The van der Waals surface area contributed by atoms with E-state index >= 15 is 0 Å². The Morgan fingerprint density at radius 3 is 3.12 bits per heavy atom. The van der Waals surface area contributed by atoms with Gasteiger partial charge in [0, 0.05) is 24.4 Å². The second-order valence-corrected chi connectivity index (χ2v) is 4.32. The van der Waals surface area contributed by atoms with Crippen LogP contribution in [0.5, 0.6) is 5.75 Å². The smallest absolute Gasteiger partial charge is 0.117 e. The first kappa shape index (κ1) is 11.3. The normalized spacial score (nSPS) is 25.3. The first-order chi connectivity index (χ1) is 7.78. The lowest BCUT2D eigenvalue weighted by Crippen LogP contribution is -2.33. The maximum atomic E-state index is 9.38. The van der Waals surface area contributed by atoms with Crippen molar-refractivity contribution >= 4 is 5.69 Å². The molecule has 16 heavy (non-hydrogen) atoms. The summed E-state index contributed by atoms with van der Waals surface area (Å²) in [4.78, 5) is 0. The summed E-state index contributed by atoms with van der Waals surface area (Å²) in [6.07, 6.45) is 3.53. The molecule has 0 amide bonds. The Hall–Kier alpha value is -1.22. The molecular weight excluding hydrogens is 202 g/mol. The van der Waals surface area contributed by atoms with Crippen LogP contribution in [0.4, 0.5) is 5.69 Å². The van der Waals surface area contributed by atoms with E-state index in [1.54, 1.807) is 12.1 Å². The SMILES string of the molecule is CCC1CC(Nc2cccc(O)c2)CCO1. The highest BCUT2D eigenvalue weighted by Gasteiger charge is 2.20. The highest BCUT2D eigenvalue weighted by atomic mass is 16.5. The molecule has 1 heterocycles. The molecule has 0 radical (unpaired) electrons. The largest absolute Gasteiger partial charge is 0.508 e. The fourth-order valence-corrected chi connectivity index (χ4v) is 2.13. The number of phenolic OH excluding ortho intramolecular Hbond substituents is 1. The van der Waals surface area contributed by atoms with E-state index < -0.39 is 0 Å². The molecule has 1 aromatic rings. The van der Waals surface area contributed by atoms with Crippen molar-refractivity contribution in [1.29, 1.82) is 0 Å². The fraction of sp³-hybridized carbons (Fsp3) is 0.538. The van der Waals surface area contributed by atoms with Crippen LogP contribution in [0.15, 0.2) is 24.3 Å². The predicted octanol–water partition coefficient (Wildman–Crippen LogP) is 2.76. The van der Waals surface area contributed by atoms with Crippen molar-refractivity contribution in [2.75, 3.05) is 11.9 Å². The monoisotopic (exact) mass is 221 g/mol. The van der Waals surface area contributed by atoms with E-state index in [9.17, 15) is 5.11 Å². The molecule has 2 rings (SSSR count). The molecular formula is C13H19NO2. The molecule has 88 valence electrons. The van der Waals surface area contributed by atoms with Gasteiger partial charge in [-0.2, -0.15) is 0 Å². The second-order valence-electron chi connectivity index (χ2n) is 4.32. The van der Waals surface area contributed by atoms with Gasteiger partial charge in [0.2, 0.25) is 0 Å². The van der Waals surface area contributed by atoms with Gasteiger partial charge >= 0.3 is 0 Å². The molecule has 1 aliphatic rings. The first-order valence-corrected chi connectivity index (χ1v) is 5.95. The molecule has 2 atom stereocenters. The van der Waals surface area contributed by atoms with Crippen LogP contribution in [-0.4, -0.2) is 23.9 Å². The maximum Gasteiger partial charge on any atom is 0.117 e. The van der Waals surface area contributed by atoms with E-state index in [4.69, 9.17) is 4.74 Å². The molecule has 1 aromatic carbocycles. The molecule has 2 N–H and O–H groups in total. The number of hydrogen-bond donors (Lipinski definition) is 2. The van der Waals surface area contributed by atoms with E-state index in [-0.39, 0.29) is 0 Å². The summed E-state index contributed by atoms with van der Waals surface area (Å²) >= 11 is 0. The van der Waals surface area contributed by atoms with Gasteiger partial charge in [-0.15, -0.1) is 0 Å². The van der Waals surface area contributed by atoms with Crippen LogP contribution >= 0.6 is 0 Å². The number of rotatable bonds is 3. The molecule has 2 unspecified atom stereocenters.